The van der Waals surface area contributed by atoms with Crippen molar-refractivity contribution in [3.63, 3.8) is 0 Å². The van der Waals surface area contributed by atoms with E-state index < -0.39 is 5.60 Å². The molecule has 9 heteroatoms. The van der Waals surface area contributed by atoms with Crippen LogP contribution < -0.4 is 5.32 Å². The third kappa shape index (κ3) is 5.95. The van der Waals surface area contributed by atoms with Gasteiger partial charge in [0.1, 0.15) is 5.60 Å². The zero-order chi connectivity index (χ0) is 19.6. The molecule has 1 N–H and O–H groups in total. The van der Waals surface area contributed by atoms with E-state index in [4.69, 9.17) is 4.74 Å². The van der Waals surface area contributed by atoms with Gasteiger partial charge in [-0.25, -0.2) is 9.78 Å². The first-order valence-corrected chi connectivity index (χ1v) is 10.6. The van der Waals surface area contributed by atoms with E-state index in [1.807, 2.05) is 20.8 Å². The minimum Gasteiger partial charge on any atom is -0.444 e. The minimum absolute atomic E-state index is 0. The lowest BCUT2D eigenvalue weighted by molar-refractivity contribution is 0.0137. The zero-order valence-electron chi connectivity index (χ0n) is 17.4. The number of fused-ring (bicyclic) bond motifs is 1. The van der Waals surface area contributed by atoms with E-state index in [-0.39, 0.29) is 36.1 Å². The third-order valence-electron chi connectivity index (χ3n) is 4.59. The predicted molar refractivity (Wildman–Crippen MR) is 124 cm³/mol. The van der Waals surface area contributed by atoms with Crippen LogP contribution in [0.3, 0.4) is 0 Å². The molecule has 0 aromatic carbocycles. The van der Waals surface area contributed by atoms with Gasteiger partial charge in [0.25, 0.3) is 0 Å². The quantitative estimate of drug-likeness (QED) is 0.616. The maximum Gasteiger partial charge on any atom is 0.410 e. The summed E-state index contributed by atoms with van der Waals surface area (Å²) in [7, 11) is 0. The topological polar surface area (TPSA) is 70.1 Å². The van der Waals surface area contributed by atoms with Gasteiger partial charge < -0.3 is 19.9 Å². The Balaban J connectivity index is 0.00000280. The van der Waals surface area contributed by atoms with Gasteiger partial charge in [0, 0.05) is 43.9 Å². The molecule has 3 heterocycles. The fourth-order valence-electron chi connectivity index (χ4n) is 3.23. The van der Waals surface area contributed by atoms with Crippen LogP contribution in [-0.4, -0.2) is 71.2 Å². The molecular weight excluding hydrogens is 489 g/mol. The lowest BCUT2D eigenvalue weighted by Gasteiger charge is -2.39. The van der Waals surface area contributed by atoms with Crippen LogP contribution in [0.15, 0.2) is 10.4 Å². The highest BCUT2D eigenvalue weighted by Gasteiger charge is 2.36. The van der Waals surface area contributed by atoms with E-state index in [1.54, 1.807) is 16.2 Å². The largest absolute Gasteiger partial charge is 0.444 e. The first kappa shape index (κ1) is 23.2. The Hall–Kier alpha value is -1.10. The summed E-state index contributed by atoms with van der Waals surface area (Å²) in [5.41, 5.74) is 0.680. The number of carbonyl (C=O) groups is 1. The van der Waals surface area contributed by atoms with Crippen molar-refractivity contribution >= 4 is 47.4 Å². The first-order chi connectivity index (χ1) is 12.7. The van der Waals surface area contributed by atoms with Crippen LogP contribution >= 0.6 is 35.3 Å². The standard InChI is InChI=1S/C19H31N5O2S.HI/c1-13(2)16-22-14(12-27-16)6-7-20-17-21-10-15-11-23(8-9-24(15)17)18(25)26-19(3,4)5;/h12-13,15H,6-11H2,1-5H3,(H,20,21);1H. The van der Waals surface area contributed by atoms with E-state index in [9.17, 15) is 4.79 Å². The van der Waals surface area contributed by atoms with Crippen LogP contribution in [0.2, 0.25) is 0 Å². The van der Waals surface area contributed by atoms with Gasteiger partial charge in [-0.1, -0.05) is 13.8 Å². The number of carbonyl (C=O) groups excluding carboxylic acids is 1. The Morgan fingerprint density at radius 2 is 2.14 bits per heavy atom. The van der Waals surface area contributed by atoms with Crippen molar-refractivity contribution in [2.24, 2.45) is 4.99 Å². The van der Waals surface area contributed by atoms with Crippen molar-refractivity contribution in [2.75, 3.05) is 32.7 Å². The second kappa shape index (κ2) is 9.60. The fraction of sp³-hybridized carbons (Fsp3) is 0.737. The Labute approximate surface area is 189 Å². The number of aliphatic imine (C=N–C) groups is 1. The second-order valence-corrected chi connectivity index (χ2v) is 9.34. The summed E-state index contributed by atoms with van der Waals surface area (Å²) < 4.78 is 5.49. The van der Waals surface area contributed by atoms with Crippen molar-refractivity contribution in [3.05, 3.63) is 16.1 Å². The Morgan fingerprint density at radius 3 is 2.79 bits per heavy atom. The number of amides is 1. The molecule has 1 fully saturated rings. The van der Waals surface area contributed by atoms with Crippen molar-refractivity contribution in [1.29, 1.82) is 0 Å². The van der Waals surface area contributed by atoms with Gasteiger partial charge in [0.15, 0.2) is 5.96 Å². The molecule has 2 aliphatic heterocycles. The predicted octanol–water partition coefficient (Wildman–Crippen LogP) is 3.31. The molecule has 0 aliphatic carbocycles. The smallest absolute Gasteiger partial charge is 0.410 e. The highest BCUT2D eigenvalue weighted by molar-refractivity contribution is 14.0. The summed E-state index contributed by atoms with van der Waals surface area (Å²) in [6.07, 6.45) is 0.665. The molecule has 1 saturated heterocycles. The van der Waals surface area contributed by atoms with Crippen LogP contribution in [0, 0.1) is 0 Å². The molecule has 158 valence electrons. The molecule has 0 spiro atoms. The van der Waals surface area contributed by atoms with E-state index >= 15 is 0 Å². The molecule has 1 aromatic rings. The number of piperazine rings is 1. The van der Waals surface area contributed by atoms with Crippen molar-refractivity contribution in [3.8, 4) is 0 Å². The molecule has 3 rings (SSSR count). The Bertz CT molecular complexity index is 701. The summed E-state index contributed by atoms with van der Waals surface area (Å²) in [5, 5.41) is 6.80. The van der Waals surface area contributed by atoms with Gasteiger partial charge in [-0.05, 0) is 20.8 Å². The number of aromatic nitrogens is 1. The maximum atomic E-state index is 12.3. The highest BCUT2D eigenvalue weighted by Crippen LogP contribution is 2.20. The summed E-state index contributed by atoms with van der Waals surface area (Å²) in [5.74, 6) is 1.43. The molecule has 1 amide bonds. The first-order valence-electron chi connectivity index (χ1n) is 9.70. The SMILES string of the molecule is CC(C)c1nc(CCNC2=NCC3CN(C(=O)OC(C)(C)C)CCN23)cs1.I. The number of thiazole rings is 1. The molecule has 28 heavy (non-hydrogen) atoms. The molecule has 2 aliphatic rings. The number of guanidine groups is 1. The lowest BCUT2D eigenvalue weighted by Crippen LogP contribution is -2.57. The Morgan fingerprint density at radius 1 is 1.39 bits per heavy atom. The summed E-state index contributed by atoms with van der Waals surface area (Å²) in [4.78, 5) is 25.7. The molecule has 0 bridgehead atoms. The average molecular weight is 521 g/mol. The van der Waals surface area contributed by atoms with Gasteiger partial charge in [-0.3, -0.25) is 4.99 Å². The van der Waals surface area contributed by atoms with Crippen molar-refractivity contribution in [2.45, 2.75) is 58.6 Å². The van der Waals surface area contributed by atoms with Gasteiger partial charge >= 0.3 is 6.09 Å². The van der Waals surface area contributed by atoms with E-state index in [0.29, 0.717) is 19.0 Å². The van der Waals surface area contributed by atoms with E-state index in [1.165, 1.54) is 5.01 Å². The number of halogens is 1. The van der Waals surface area contributed by atoms with E-state index in [0.717, 1.165) is 37.7 Å². The van der Waals surface area contributed by atoms with E-state index in [2.05, 4.69) is 39.4 Å². The van der Waals surface area contributed by atoms with Gasteiger partial charge in [-0.15, -0.1) is 35.3 Å². The summed E-state index contributed by atoms with van der Waals surface area (Å²) in [6.45, 7) is 13.7. The Kier molecular flexibility index (Phi) is 7.95. The minimum atomic E-state index is -0.460. The lowest BCUT2D eigenvalue weighted by atomic mass is 10.2. The van der Waals surface area contributed by atoms with Gasteiger partial charge in [0.05, 0.1) is 23.3 Å². The normalized spacial score (nSPS) is 19.2. The molecule has 0 saturated carbocycles. The number of rotatable bonds is 4. The monoisotopic (exact) mass is 521 g/mol. The third-order valence-corrected chi connectivity index (χ3v) is 5.78. The average Bonchev–Trinajstić information content (AvgIpc) is 3.20. The molecule has 7 nitrogen and oxygen atoms in total. The van der Waals surface area contributed by atoms with Crippen LogP contribution in [0.5, 0.6) is 0 Å². The van der Waals surface area contributed by atoms with Crippen LogP contribution in [0.4, 0.5) is 4.79 Å². The number of hydrogen-bond donors (Lipinski definition) is 1. The van der Waals surface area contributed by atoms with Gasteiger partial charge in [-0.2, -0.15) is 0 Å². The molecule has 0 radical (unpaired) electrons. The number of hydrogen-bond acceptors (Lipinski definition) is 7. The van der Waals surface area contributed by atoms with Crippen molar-refractivity contribution < 1.29 is 9.53 Å². The van der Waals surface area contributed by atoms with Crippen LogP contribution in [-0.2, 0) is 11.2 Å². The van der Waals surface area contributed by atoms with Crippen LogP contribution in [0.1, 0.15) is 51.2 Å². The number of ether oxygens (including phenoxy) is 1. The number of nitrogens with zero attached hydrogens (tertiary/aromatic N) is 4. The van der Waals surface area contributed by atoms with Crippen LogP contribution in [0.25, 0.3) is 0 Å². The molecule has 1 aromatic heterocycles. The molecule has 1 atom stereocenters. The summed E-state index contributed by atoms with van der Waals surface area (Å²) in [6, 6.07) is 0.237. The second-order valence-electron chi connectivity index (χ2n) is 8.45. The highest BCUT2D eigenvalue weighted by atomic mass is 127. The number of nitrogens with one attached hydrogen (secondary N) is 1. The van der Waals surface area contributed by atoms with Gasteiger partial charge in [0.2, 0.25) is 0 Å². The zero-order valence-corrected chi connectivity index (χ0v) is 20.5. The molecule has 1 unspecified atom stereocenters. The summed E-state index contributed by atoms with van der Waals surface area (Å²) >= 11 is 1.74. The fourth-order valence-corrected chi connectivity index (χ4v) is 4.10. The molecular formula is C19H32IN5O2S. The maximum absolute atomic E-state index is 12.3. The van der Waals surface area contributed by atoms with Crippen molar-refractivity contribution in [1.82, 2.24) is 20.1 Å².